The summed E-state index contributed by atoms with van der Waals surface area (Å²) in [5.41, 5.74) is 5.37. The van der Waals surface area contributed by atoms with Crippen LogP contribution in [0.25, 0.3) is 6.08 Å². The van der Waals surface area contributed by atoms with Crippen molar-refractivity contribution in [2.45, 2.75) is 45.6 Å². The van der Waals surface area contributed by atoms with Crippen LogP contribution >= 0.6 is 11.8 Å². The number of aryl methyl sites for hydroxylation is 1. The van der Waals surface area contributed by atoms with Gasteiger partial charge in [-0.2, -0.15) is 0 Å². The Morgan fingerprint density at radius 3 is 2.52 bits per heavy atom. The topological polar surface area (TPSA) is 40.6 Å². The second-order valence-electron chi connectivity index (χ2n) is 8.60. The molecular formula is C24H26N2O2S. The van der Waals surface area contributed by atoms with Gasteiger partial charge >= 0.3 is 0 Å². The fraction of sp³-hybridized carbons (Fsp3) is 0.333. The maximum atomic E-state index is 12.9. The van der Waals surface area contributed by atoms with Crippen LogP contribution in [0, 0.1) is 6.92 Å². The summed E-state index contributed by atoms with van der Waals surface area (Å²) in [5.74, 6) is 0.179. The van der Waals surface area contributed by atoms with Gasteiger partial charge < -0.3 is 4.90 Å². The van der Waals surface area contributed by atoms with Crippen LogP contribution in [-0.2, 0) is 4.79 Å². The first-order valence-corrected chi connectivity index (χ1v) is 10.7. The molecule has 2 aliphatic heterocycles. The summed E-state index contributed by atoms with van der Waals surface area (Å²) < 4.78 is 0. The Kier molecular flexibility index (Phi) is 4.82. The summed E-state index contributed by atoms with van der Waals surface area (Å²) in [5, 5.41) is -0.252. The lowest BCUT2D eigenvalue weighted by atomic mass is 9.79. The molecule has 29 heavy (non-hydrogen) atoms. The van der Waals surface area contributed by atoms with Crippen LogP contribution in [0.3, 0.4) is 0 Å². The number of thioether (sulfide) groups is 1. The largest absolute Gasteiger partial charge is 0.369 e. The minimum absolute atomic E-state index is 0.110. The summed E-state index contributed by atoms with van der Waals surface area (Å²) in [6.45, 7) is 8.87. The number of hydrogen-bond donors (Lipinski definition) is 0. The van der Waals surface area contributed by atoms with Crippen LogP contribution in [0.4, 0.5) is 16.2 Å². The second kappa shape index (κ2) is 7.06. The predicted molar refractivity (Wildman–Crippen MR) is 122 cm³/mol. The first kappa shape index (κ1) is 19.8. The molecule has 4 nitrogen and oxygen atoms in total. The quantitative estimate of drug-likeness (QED) is 0.577. The van der Waals surface area contributed by atoms with Crippen LogP contribution in [-0.4, -0.2) is 23.7 Å². The molecule has 150 valence electrons. The number of para-hydroxylation sites is 1. The van der Waals surface area contributed by atoms with Crippen molar-refractivity contribution in [3.8, 4) is 0 Å². The Balaban J connectivity index is 1.72. The zero-order valence-electron chi connectivity index (χ0n) is 17.5. The summed E-state index contributed by atoms with van der Waals surface area (Å²) in [6.07, 6.45) is 2.94. The number of carbonyl (C=O) groups excluding carboxylic acids is 2. The normalized spacial score (nSPS) is 22.4. The second-order valence-corrected chi connectivity index (χ2v) is 9.59. The molecule has 1 unspecified atom stereocenters. The van der Waals surface area contributed by atoms with E-state index in [0.29, 0.717) is 16.5 Å². The van der Waals surface area contributed by atoms with E-state index >= 15 is 0 Å². The highest BCUT2D eigenvalue weighted by Crippen LogP contribution is 2.44. The molecule has 0 aromatic heterocycles. The van der Waals surface area contributed by atoms with Gasteiger partial charge in [0.15, 0.2) is 0 Å². The van der Waals surface area contributed by atoms with Gasteiger partial charge in [-0.05, 0) is 91.9 Å². The maximum absolute atomic E-state index is 12.9. The lowest BCUT2D eigenvalue weighted by Gasteiger charge is -2.45. The van der Waals surface area contributed by atoms with Gasteiger partial charge in [-0.1, -0.05) is 25.1 Å². The lowest BCUT2D eigenvalue weighted by Crippen LogP contribution is -2.45. The molecule has 1 fully saturated rings. The van der Waals surface area contributed by atoms with Crippen molar-refractivity contribution in [2.24, 2.45) is 0 Å². The SMILES string of the molecule is Cc1cc2c(cc1/C=C1\SC(=O)N(c3ccccc3)C1=O)C(C)CC(C)(C)N2C. The molecular weight excluding hydrogens is 380 g/mol. The number of amides is 2. The van der Waals surface area contributed by atoms with E-state index in [1.165, 1.54) is 16.2 Å². The summed E-state index contributed by atoms with van der Waals surface area (Å²) in [6, 6.07) is 13.5. The Morgan fingerprint density at radius 1 is 1.14 bits per heavy atom. The highest BCUT2D eigenvalue weighted by Gasteiger charge is 2.37. The minimum Gasteiger partial charge on any atom is -0.369 e. The average molecular weight is 407 g/mol. The van der Waals surface area contributed by atoms with Crippen LogP contribution in [0.1, 0.15) is 49.8 Å². The van der Waals surface area contributed by atoms with E-state index in [0.717, 1.165) is 29.3 Å². The summed E-state index contributed by atoms with van der Waals surface area (Å²) >= 11 is 1.01. The third kappa shape index (κ3) is 3.38. The zero-order valence-corrected chi connectivity index (χ0v) is 18.3. The van der Waals surface area contributed by atoms with Crippen molar-refractivity contribution in [2.75, 3.05) is 16.8 Å². The van der Waals surface area contributed by atoms with Crippen molar-refractivity contribution in [3.63, 3.8) is 0 Å². The van der Waals surface area contributed by atoms with Gasteiger partial charge in [-0.3, -0.25) is 9.59 Å². The maximum Gasteiger partial charge on any atom is 0.298 e. The highest BCUT2D eigenvalue weighted by molar-refractivity contribution is 8.19. The van der Waals surface area contributed by atoms with Crippen molar-refractivity contribution in [1.29, 1.82) is 0 Å². The van der Waals surface area contributed by atoms with E-state index < -0.39 is 0 Å². The monoisotopic (exact) mass is 406 g/mol. The number of nitrogens with zero attached hydrogens (tertiary/aromatic N) is 2. The zero-order chi connectivity index (χ0) is 20.9. The molecule has 0 radical (unpaired) electrons. The molecule has 5 heteroatoms. The van der Waals surface area contributed by atoms with E-state index in [2.05, 4.69) is 51.8 Å². The van der Waals surface area contributed by atoms with Gasteiger partial charge in [0.2, 0.25) is 0 Å². The van der Waals surface area contributed by atoms with Crippen LogP contribution in [0.5, 0.6) is 0 Å². The summed E-state index contributed by atoms with van der Waals surface area (Å²) in [4.78, 5) is 29.5. The molecule has 2 aliphatic rings. The Labute approximate surface area is 176 Å². The number of benzene rings is 2. The third-order valence-electron chi connectivity index (χ3n) is 6.12. The van der Waals surface area contributed by atoms with Gasteiger partial charge in [-0.15, -0.1) is 0 Å². The highest BCUT2D eigenvalue weighted by atomic mass is 32.2. The molecule has 2 aromatic rings. The molecule has 2 aromatic carbocycles. The van der Waals surface area contributed by atoms with Crippen LogP contribution in [0.2, 0.25) is 0 Å². The van der Waals surface area contributed by atoms with E-state index in [-0.39, 0.29) is 16.7 Å². The molecule has 2 amide bonds. The molecule has 0 saturated carbocycles. The number of anilines is 2. The van der Waals surface area contributed by atoms with Crippen LogP contribution in [0.15, 0.2) is 47.4 Å². The molecule has 0 bridgehead atoms. The lowest BCUT2D eigenvalue weighted by molar-refractivity contribution is -0.113. The van der Waals surface area contributed by atoms with Gasteiger partial charge in [-0.25, -0.2) is 4.90 Å². The van der Waals surface area contributed by atoms with Crippen molar-refractivity contribution in [1.82, 2.24) is 0 Å². The Morgan fingerprint density at radius 2 is 1.83 bits per heavy atom. The molecule has 2 heterocycles. The van der Waals surface area contributed by atoms with E-state index in [1.807, 2.05) is 24.3 Å². The van der Waals surface area contributed by atoms with E-state index in [4.69, 9.17) is 0 Å². The molecule has 0 aliphatic carbocycles. The molecule has 0 spiro atoms. The number of imide groups is 1. The van der Waals surface area contributed by atoms with Crippen molar-refractivity contribution in [3.05, 3.63) is 64.1 Å². The third-order valence-corrected chi connectivity index (χ3v) is 6.99. The number of rotatable bonds is 2. The van der Waals surface area contributed by atoms with Gasteiger partial charge in [0.1, 0.15) is 0 Å². The smallest absolute Gasteiger partial charge is 0.298 e. The fourth-order valence-corrected chi connectivity index (χ4v) is 5.13. The van der Waals surface area contributed by atoms with Gasteiger partial charge in [0.05, 0.1) is 10.6 Å². The van der Waals surface area contributed by atoms with Crippen molar-refractivity contribution < 1.29 is 9.59 Å². The molecule has 1 atom stereocenters. The molecule has 1 saturated heterocycles. The Hall–Kier alpha value is -2.53. The predicted octanol–water partition coefficient (Wildman–Crippen LogP) is 5.96. The van der Waals surface area contributed by atoms with Gasteiger partial charge in [0.25, 0.3) is 11.1 Å². The first-order chi connectivity index (χ1) is 13.7. The standard InChI is InChI=1S/C24H26N2O2S/c1-15-11-20-19(16(2)14-24(3,4)25(20)5)12-17(15)13-21-22(27)26(23(28)29-21)18-9-7-6-8-10-18/h6-13,16H,14H2,1-5H3/b21-13-. The number of hydrogen-bond acceptors (Lipinski definition) is 4. The first-order valence-electron chi connectivity index (χ1n) is 9.90. The number of carbonyl (C=O) groups is 2. The minimum atomic E-state index is -0.255. The van der Waals surface area contributed by atoms with Gasteiger partial charge in [0, 0.05) is 18.3 Å². The van der Waals surface area contributed by atoms with E-state index in [1.54, 1.807) is 12.1 Å². The summed E-state index contributed by atoms with van der Waals surface area (Å²) in [7, 11) is 2.15. The Bertz CT molecular complexity index is 1030. The molecule has 0 N–H and O–H groups in total. The van der Waals surface area contributed by atoms with Crippen molar-refractivity contribution >= 4 is 40.4 Å². The van der Waals surface area contributed by atoms with E-state index in [9.17, 15) is 9.59 Å². The molecule has 4 rings (SSSR count). The fourth-order valence-electron chi connectivity index (χ4n) is 4.30. The number of fused-ring (bicyclic) bond motifs is 1. The van der Waals surface area contributed by atoms with Crippen LogP contribution < -0.4 is 9.80 Å². The average Bonchev–Trinajstić information content (AvgIpc) is 2.95.